The molecule has 0 aliphatic heterocycles. The molecule has 1 amide bonds. The molecule has 7 heteroatoms. The summed E-state index contributed by atoms with van der Waals surface area (Å²) in [6.45, 7) is 7.39. The third-order valence-corrected chi connectivity index (χ3v) is 5.00. The highest BCUT2D eigenvalue weighted by molar-refractivity contribution is 5.76. The minimum Gasteiger partial charge on any atom is -0.493 e. The standard InChI is InChI=1S/C25H31N3O4/c1-17(2)13-14-31-21-10-7-19(15-22(21)30-4)16-26-23(29)11-12-24-27-28-25(32-24)20-8-5-18(3)6-9-20/h5-10,15,17H,11-14,16H2,1-4H3,(H,26,29). The molecule has 0 saturated heterocycles. The zero-order valence-corrected chi connectivity index (χ0v) is 19.2. The van der Waals surface area contributed by atoms with Gasteiger partial charge in [-0.15, -0.1) is 10.2 Å². The molecule has 3 rings (SSSR count). The van der Waals surface area contributed by atoms with Gasteiger partial charge in [-0.1, -0.05) is 37.6 Å². The number of hydrogen-bond acceptors (Lipinski definition) is 6. The number of rotatable bonds is 11. The van der Waals surface area contributed by atoms with Crippen molar-refractivity contribution >= 4 is 5.91 Å². The van der Waals surface area contributed by atoms with Gasteiger partial charge in [0.1, 0.15) is 0 Å². The summed E-state index contributed by atoms with van der Waals surface area (Å²) >= 11 is 0. The fraction of sp³-hybridized carbons (Fsp3) is 0.400. The largest absolute Gasteiger partial charge is 0.493 e. The number of aryl methyl sites for hydroxylation is 2. The molecule has 0 unspecified atom stereocenters. The summed E-state index contributed by atoms with van der Waals surface area (Å²) in [5, 5.41) is 11.0. The van der Waals surface area contributed by atoms with Gasteiger partial charge in [0.05, 0.1) is 13.7 Å². The van der Waals surface area contributed by atoms with Crippen molar-refractivity contribution in [2.75, 3.05) is 13.7 Å². The van der Waals surface area contributed by atoms with Crippen LogP contribution in [-0.2, 0) is 17.8 Å². The second kappa shape index (κ2) is 11.3. The molecule has 0 bridgehead atoms. The number of carbonyl (C=O) groups is 1. The fourth-order valence-electron chi connectivity index (χ4n) is 3.02. The molecule has 32 heavy (non-hydrogen) atoms. The first-order valence-corrected chi connectivity index (χ1v) is 10.9. The number of aromatic nitrogens is 2. The zero-order chi connectivity index (χ0) is 22.9. The Hall–Kier alpha value is -3.35. The smallest absolute Gasteiger partial charge is 0.247 e. The lowest BCUT2D eigenvalue weighted by atomic mass is 10.1. The van der Waals surface area contributed by atoms with Crippen LogP contribution in [0.4, 0.5) is 0 Å². The lowest BCUT2D eigenvalue weighted by Crippen LogP contribution is -2.23. The third-order valence-electron chi connectivity index (χ3n) is 5.00. The molecule has 3 aromatic rings. The average Bonchev–Trinajstić information content (AvgIpc) is 3.26. The molecule has 0 radical (unpaired) electrons. The lowest BCUT2D eigenvalue weighted by molar-refractivity contribution is -0.121. The molecule has 1 N–H and O–H groups in total. The van der Waals surface area contributed by atoms with Crippen LogP contribution < -0.4 is 14.8 Å². The zero-order valence-electron chi connectivity index (χ0n) is 19.2. The van der Waals surface area contributed by atoms with Crippen LogP contribution in [0.25, 0.3) is 11.5 Å². The summed E-state index contributed by atoms with van der Waals surface area (Å²) in [5.41, 5.74) is 2.96. The van der Waals surface area contributed by atoms with E-state index in [1.807, 2.05) is 49.4 Å². The first kappa shape index (κ1) is 23.3. The normalized spacial score (nSPS) is 10.9. The minimum absolute atomic E-state index is 0.0867. The van der Waals surface area contributed by atoms with Crippen LogP contribution in [0.15, 0.2) is 46.9 Å². The van der Waals surface area contributed by atoms with E-state index in [1.165, 1.54) is 0 Å². The molecule has 7 nitrogen and oxygen atoms in total. The van der Waals surface area contributed by atoms with Crippen molar-refractivity contribution in [2.45, 2.75) is 46.6 Å². The van der Waals surface area contributed by atoms with Crippen molar-refractivity contribution < 1.29 is 18.7 Å². The Kier molecular flexibility index (Phi) is 8.25. The summed E-state index contributed by atoms with van der Waals surface area (Å²) < 4.78 is 16.9. The van der Waals surface area contributed by atoms with E-state index < -0.39 is 0 Å². The van der Waals surface area contributed by atoms with Crippen molar-refractivity contribution in [3.63, 3.8) is 0 Å². The maximum Gasteiger partial charge on any atom is 0.247 e. The number of benzene rings is 2. The lowest BCUT2D eigenvalue weighted by Gasteiger charge is -2.13. The Morgan fingerprint density at radius 2 is 1.88 bits per heavy atom. The number of nitrogens with one attached hydrogen (secondary N) is 1. The van der Waals surface area contributed by atoms with Crippen molar-refractivity contribution in [2.24, 2.45) is 5.92 Å². The molecule has 0 saturated carbocycles. The van der Waals surface area contributed by atoms with E-state index in [1.54, 1.807) is 7.11 Å². The molecule has 1 aromatic heterocycles. The Balaban J connectivity index is 1.47. The molecular weight excluding hydrogens is 406 g/mol. The second-order valence-corrected chi connectivity index (χ2v) is 8.16. The number of nitrogens with zero attached hydrogens (tertiary/aromatic N) is 2. The van der Waals surface area contributed by atoms with Crippen LogP contribution in [0.1, 0.15) is 43.7 Å². The molecule has 0 aliphatic rings. The monoisotopic (exact) mass is 437 g/mol. The predicted octanol–water partition coefficient (Wildman–Crippen LogP) is 4.73. The fourth-order valence-corrected chi connectivity index (χ4v) is 3.02. The molecule has 170 valence electrons. The second-order valence-electron chi connectivity index (χ2n) is 8.16. The SMILES string of the molecule is COc1cc(CNC(=O)CCc2nnc(-c3ccc(C)cc3)o2)ccc1OCCC(C)C. The van der Waals surface area contributed by atoms with E-state index in [4.69, 9.17) is 13.9 Å². The Morgan fingerprint density at radius 1 is 1.09 bits per heavy atom. The summed E-state index contributed by atoms with van der Waals surface area (Å²) in [6, 6.07) is 13.6. The number of hydrogen-bond donors (Lipinski definition) is 1. The van der Waals surface area contributed by atoms with E-state index in [0.29, 0.717) is 48.8 Å². The van der Waals surface area contributed by atoms with E-state index in [-0.39, 0.29) is 12.3 Å². The number of amides is 1. The summed E-state index contributed by atoms with van der Waals surface area (Å²) in [4.78, 5) is 12.3. The maximum atomic E-state index is 12.3. The van der Waals surface area contributed by atoms with Gasteiger partial charge in [0, 0.05) is 24.9 Å². The molecule has 1 heterocycles. The van der Waals surface area contributed by atoms with E-state index in [0.717, 1.165) is 23.1 Å². The van der Waals surface area contributed by atoms with Crippen LogP contribution in [0.3, 0.4) is 0 Å². The van der Waals surface area contributed by atoms with Gasteiger partial charge < -0.3 is 19.2 Å². The van der Waals surface area contributed by atoms with Gasteiger partial charge in [0.2, 0.25) is 17.7 Å². The highest BCUT2D eigenvalue weighted by Crippen LogP contribution is 2.28. The van der Waals surface area contributed by atoms with Gasteiger partial charge in [-0.25, -0.2) is 0 Å². The number of ether oxygens (including phenoxy) is 2. The first-order valence-electron chi connectivity index (χ1n) is 10.9. The maximum absolute atomic E-state index is 12.3. The van der Waals surface area contributed by atoms with Crippen LogP contribution in [-0.4, -0.2) is 29.8 Å². The third kappa shape index (κ3) is 6.83. The molecule has 0 fully saturated rings. The first-order chi connectivity index (χ1) is 15.4. The van der Waals surface area contributed by atoms with Crippen LogP contribution in [0.2, 0.25) is 0 Å². The van der Waals surface area contributed by atoms with Gasteiger partial charge in [0.15, 0.2) is 11.5 Å². The number of methoxy groups -OCH3 is 1. The molecule has 2 aromatic carbocycles. The van der Waals surface area contributed by atoms with Crippen molar-refractivity contribution in [1.29, 1.82) is 0 Å². The van der Waals surface area contributed by atoms with Gasteiger partial charge in [-0.3, -0.25) is 4.79 Å². The van der Waals surface area contributed by atoms with Crippen LogP contribution >= 0.6 is 0 Å². The van der Waals surface area contributed by atoms with Crippen molar-refractivity contribution in [1.82, 2.24) is 15.5 Å². The van der Waals surface area contributed by atoms with Gasteiger partial charge in [-0.2, -0.15) is 0 Å². The topological polar surface area (TPSA) is 86.5 Å². The summed E-state index contributed by atoms with van der Waals surface area (Å²) in [5.74, 6) is 2.77. The van der Waals surface area contributed by atoms with Crippen LogP contribution in [0, 0.1) is 12.8 Å². The molecular formula is C25H31N3O4. The Bertz CT molecular complexity index is 1010. The summed E-state index contributed by atoms with van der Waals surface area (Å²) in [6.07, 6.45) is 1.63. The molecule has 0 spiro atoms. The quantitative estimate of drug-likeness (QED) is 0.467. The Labute approximate surface area is 189 Å². The van der Waals surface area contributed by atoms with Gasteiger partial charge >= 0.3 is 0 Å². The Morgan fingerprint density at radius 3 is 2.59 bits per heavy atom. The highest BCUT2D eigenvalue weighted by Gasteiger charge is 2.11. The van der Waals surface area contributed by atoms with Gasteiger partial charge in [0.25, 0.3) is 0 Å². The van der Waals surface area contributed by atoms with Crippen molar-refractivity contribution in [3.8, 4) is 23.0 Å². The van der Waals surface area contributed by atoms with E-state index in [9.17, 15) is 4.79 Å². The van der Waals surface area contributed by atoms with Crippen molar-refractivity contribution in [3.05, 3.63) is 59.5 Å². The average molecular weight is 438 g/mol. The highest BCUT2D eigenvalue weighted by atomic mass is 16.5. The molecule has 0 aliphatic carbocycles. The predicted molar refractivity (Wildman–Crippen MR) is 123 cm³/mol. The van der Waals surface area contributed by atoms with E-state index in [2.05, 4.69) is 29.4 Å². The minimum atomic E-state index is -0.0867. The van der Waals surface area contributed by atoms with Crippen LogP contribution in [0.5, 0.6) is 11.5 Å². The van der Waals surface area contributed by atoms with E-state index >= 15 is 0 Å². The number of carbonyl (C=O) groups excluding carboxylic acids is 1. The molecule has 0 atom stereocenters. The summed E-state index contributed by atoms with van der Waals surface area (Å²) in [7, 11) is 1.61. The van der Waals surface area contributed by atoms with Gasteiger partial charge in [-0.05, 0) is 49.1 Å².